The van der Waals surface area contributed by atoms with Gasteiger partial charge < -0.3 is 19.7 Å². The SMILES string of the molecule is COCCCNC(=O)c1ccc(/C=C/C(=O)c2c(O)cc(C)n(C)c2=O)s1. The summed E-state index contributed by atoms with van der Waals surface area (Å²) in [5.41, 5.74) is -0.270. The van der Waals surface area contributed by atoms with Crippen LogP contribution in [0.15, 0.2) is 29.1 Å². The van der Waals surface area contributed by atoms with Crippen molar-refractivity contribution in [1.29, 1.82) is 0 Å². The summed E-state index contributed by atoms with van der Waals surface area (Å²) < 4.78 is 6.23. The number of allylic oxidation sites excluding steroid dienone is 1. The van der Waals surface area contributed by atoms with Crippen molar-refractivity contribution >= 4 is 29.1 Å². The van der Waals surface area contributed by atoms with Crippen molar-refractivity contribution in [2.45, 2.75) is 13.3 Å². The summed E-state index contributed by atoms with van der Waals surface area (Å²) in [7, 11) is 3.14. The van der Waals surface area contributed by atoms with E-state index < -0.39 is 11.3 Å². The van der Waals surface area contributed by atoms with E-state index in [1.165, 1.54) is 41.2 Å². The zero-order chi connectivity index (χ0) is 20.0. The lowest BCUT2D eigenvalue weighted by Gasteiger charge is -2.07. The first-order valence-corrected chi connectivity index (χ1v) is 9.15. The number of thiophene rings is 1. The molecule has 2 heterocycles. The van der Waals surface area contributed by atoms with Gasteiger partial charge in [0.15, 0.2) is 5.78 Å². The molecule has 0 aliphatic rings. The Bertz CT molecular complexity index is 927. The molecule has 8 heteroatoms. The molecule has 2 N–H and O–H groups in total. The number of carbonyl (C=O) groups is 2. The van der Waals surface area contributed by atoms with Gasteiger partial charge in [-0.3, -0.25) is 14.4 Å². The first-order chi connectivity index (χ1) is 12.8. The van der Waals surface area contributed by atoms with Crippen LogP contribution in [0.4, 0.5) is 0 Å². The zero-order valence-corrected chi connectivity index (χ0v) is 16.3. The van der Waals surface area contributed by atoms with Gasteiger partial charge in [-0.1, -0.05) is 0 Å². The van der Waals surface area contributed by atoms with Crippen molar-refractivity contribution < 1.29 is 19.4 Å². The fourth-order valence-electron chi connectivity index (χ4n) is 2.35. The van der Waals surface area contributed by atoms with E-state index in [4.69, 9.17) is 4.74 Å². The van der Waals surface area contributed by atoms with Crippen molar-refractivity contribution in [3.8, 4) is 5.75 Å². The average molecular weight is 390 g/mol. The van der Waals surface area contributed by atoms with Crippen LogP contribution in [0.2, 0.25) is 0 Å². The van der Waals surface area contributed by atoms with Gasteiger partial charge in [-0.05, 0) is 37.6 Å². The molecule has 0 aliphatic carbocycles. The highest BCUT2D eigenvalue weighted by molar-refractivity contribution is 7.14. The molecule has 0 aromatic carbocycles. The average Bonchev–Trinajstić information content (AvgIpc) is 3.10. The number of methoxy groups -OCH3 is 1. The van der Waals surface area contributed by atoms with E-state index in [2.05, 4.69) is 5.32 Å². The maximum absolute atomic E-state index is 12.3. The Labute approximate surface area is 160 Å². The van der Waals surface area contributed by atoms with Crippen LogP contribution in [0.1, 0.15) is 37.0 Å². The highest BCUT2D eigenvalue weighted by Crippen LogP contribution is 2.19. The number of nitrogens with zero attached hydrogens (tertiary/aromatic N) is 1. The van der Waals surface area contributed by atoms with Gasteiger partial charge in [-0.25, -0.2) is 0 Å². The van der Waals surface area contributed by atoms with E-state index in [0.29, 0.717) is 28.6 Å². The number of hydrogen-bond acceptors (Lipinski definition) is 6. The predicted octanol–water partition coefficient (Wildman–Crippen LogP) is 2.12. The topological polar surface area (TPSA) is 97.6 Å². The standard InChI is InChI=1S/C19H22N2O5S/c1-12-11-15(23)17(19(25)21(12)2)14(22)7-5-13-6-8-16(27-13)18(24)20-9-4-10-26-3/h5-8,11,23H,4,9-10H2,1-3H3,(H,20,24)/b7-5+. The molecule has 7 nitrogen and oxygen atoms in total. The van der Waals surface area contributed by atoms with E-state index in [9.17, 15) is 19.5 Å². The van der Waals surface area contributed by atoms with Crippen LogP contribution < -0.4 is 10.9 Å². The number of aryl methyl sites for hydroxylation is 1. The van der Waals surface area contributed by atoms with E-state index in [1.54, 1.807) is 26.2 Å². The van der Waals surface area contributed by atoms with Gasteiger partial charge in [-0.2, -0.15) is 0 Å². The molecule has 0 spiro atoms. The minimum atomic E-state index is -0.591. The number of hydrogen-bond donors (Lipinski definition) is 2. The molecule has 2 aromatic rings. The van der Waals surface area contributed by atoms with E-state index in [0.717, 1.165) is 6.42 Å². The van der Waals surface area contributed by atoms with Crippen molar-refractivity contribution in [2.24, 2.45) is 7.05 Å². The largest absolute Gasteiger partial charge is 0.507 e. The van der Waals surface area contributed by atoms with Gasteiger partial charge >= 0.3 is 0 Å². The molecule has 0 fully saturated rings. The molecule has 0 aliphatic heterocycles. The highest BCUT2D eigenvalue weighted by atomic mass is 32.1. The Balaban J connectivity index is 2.08. The molecule has 0 bridgehead atoms. The molecule has 2 aromatic heterocycles. The van der Waals surface area contributed by atoms with Crippen molar-refractivity contribution in [1.82, 2.24) is 9.88 Å². The smallest absolute Gasteiger partial charge is 0.265 e. The van der Waals surface area contributed by atoms with Crippen LogP contribution in [0.25, 0.3) is 6.08 Å². The fourth-order valence-corrected chi connectivity index (χ4v) is 3.17. The van der Waals surface area contributed by atoms with Crippen LogP contribution in [0.5, 0.6) is 5.75 Å². The first kappa shape index (κ1) is 20.6. The van der Waals surface area contributed by atoms with Crippen molar-refractivity contribution in [3.63, 3.8) is 0 Å². The number of ether oxygens (including phenoxy) is 1. The molecule has 0 unspecified atom stereocenters. The molecule has 144 valence electrons. The van der Waals surface area contributed by atoms with Crippen molar-refractivity contribution in [2.75, 3.05) is 20.3 Å². The van der Waals surface area contributed by atoms with Crippen LogP contribution >= 0.6 is 11.3 Å². The molecule has 27 heavy (non-hydrogen) atoms. The summed E-state index contributed by atoms with van der Waals surface area (Å²) in [5, 5.41) is 12.7. The number of aromatic nitrogens is 1. The van der Waals surface area contributed by atoms with Gasteiger partial charge in [0.25, 0.3) is 11.5 Å². The number of nitrogens with one attached hydrogen (secondary N) is 1. The molecule has 0 atom stereocenters. The quantitative estimate of drug-likeness (QED) is 0.409. The number of amides is 1. The maximum atomic E-state index is 12.3. The van der Waals surface area contributed by atoms with Gasteiger partial charge in [-0.15, -0.1) is 11.3 Å². The second kappa shape index (κ2) is 9.29. The lowest BCUT2D eigenvalue weighted by Crippen LogP contribution is -2.25. The number of ketones is 1. The number of aromatic hydroxyl groups is 1. The maximum Gasteiger partial charge on any atom is 0.265 e. The van der Waals surface area contributed by atoms with E-state index in [-0.39, 0.29) is 17.2 Å². The lowest BCUT2D eigenvalue weighted by atomic mass is 10.1. The van der Waals surface area contributed by atoms with Gasteiger partial charge in [0.05, 0.1) is 4.88 Å². The third-order valence-corrected chi connectivity index (χ3v) is 5.01. The van der Waals surface area contributed by atoms with Crippen LogP contribution in [0.3, 0.4) is 0 Å². The van der Waals surface area contributed by atoms with Gasteiger partial charge in [0.1, 0.15) is 11.3 Å². The Hall–Kier alpha value is -2.71. The van der Waals surface area contributed by atoms with Crippen LogP contribution in [-0.2, 0) is 11.8 Å². The summed E-state index contributed by atoms with van der Waals surface area (Å²) >= 11 is 1.23. The van der Waals surface area contributed by atoms with Gasteiger partial charge in [0, 0.05) is 43.9 Å². The second-order valence-corrected chi connectivity index (χ2v) is 7.03. The third-order valence-electron chi connectivity index (χ3n) is 3.96. The fraction of sp³-hybridized carbons (Fsp3) is 0.316. The lowest BCUT2D eigenvalue weighted by molar-refractivity contribution is 0.0952. The summed E-state index contributed by atoms with van der Waals surface area (Å²) in [4.78, 5) is 37.8. The molecule has 1 amide bonds. The number of carbonyl (C=O) groups excluding carboxylic acids is 2. The van der Waals surface area contributed by atoms with E-state index in [1.807, 2.05) is 0 Å². The van der Waals surface area contributed by atoms with Crippen LogP contribution in [0, 0.1) is 6.92 Å². The van der Waals surface area contributed by atoms with Crippen molar-refractivity contribution in [3.05, 3.63) is 55.6 Å². The summed E-state index contributed by atoms with van der Waals surface area (Å²) in [6.07, 6.45) is 3.47. The summed E-state index contributed by atoms with van der Waals surface area (Å²) in [6, 6.07) is 4.76. The Morgan fingerprint density at radius 2 is 2.11 bits per heavy atom. The predicted molar refractivity (Wildman–Crippen MR) is 105 cm³/mol. The minimum absolute atomic E-state index is 0.188. The second-order valence-electron chi connectivity index (χ2n) is 5.91. The van der Waals surface area contributed by atoms with Gasteiger partial charge in [0.2, 0.25) is 0 Å². The number of rotatable bonds is 8. The normalized spacial score (nSPS) is 11.1. The summed E-state index contributed by atoms with van der Waals surface area (Å²) in [5.74, 6) is -1.12. The molecule has 0 saturated carbocycles. The number of pyridine rings is 1. The monoisotopic (exact) mass is 390 g/mol. The third kappa shape index (κ3) is 5.15. The molecule has 2 rings (SSSR count). The Kier molecular flexibility index (Phi) is 7.09. The summed E-state index contributed by atoms with van der Waals surface area (Å²) in [6.45, 7) is 2.76. The van der Waals surface area contributed by atoms with E-state index >= 15 is 0 Å². The zero-order valence-electron chi connectivity index (χ0n) is 15.4. The molecule has 0 radical (unpaired) electrons. The highest BCUT2D eigenvalue weighted by Gasteiger charge is 2.16. The molecular formula is C19H22N2O5S. The molecular weight excluding hydrogens is 368 g/mol. The first-order valence-electron chi connectivity index (χ1n) is 8.34. The Morgan fingerprint density at radius 3 is 2.81 bits per heavy atom. The molecule has 0 saturated heterocycles. The Morgan fingerprint density at radius 1 is 1.37 bits per heavy atom. The minimum Gasteiger partial charge on any atom is -0.507 e. The van der Waals surface area contributed by atoms with Crippen LogP contribution in [-0.4, -0.2) is 41.6 Å².